The Balaban J connectivity index is 2.72. The number of halogens is 9. The van der Waals surface area contributed by atoms with Crippen LogP contribution in [0, 0.1) is 5.92 Å². The smallest absolute Gasteiger partial charge is 0.387 e. The van der Waals surface area contributed by atoms with Gasteiger partial charge in [-0.15, -0.1) is 0 Å². The van der Waals surface area contributed by atoms with E-state index in [1.807, 2.05) is 0 Å². The van der Waals surface area contributed by atoms with Crippen molar-refractivity contribution >= 4 is 5.78 Å². The number of ketones is 1. The summed E-state index contributed by atoms with van der Waals surface area (Å²) >= 11 is 0. The third kappa shape index (κ3) is 3.32. The van der Waals surface area contributed by atoms with Gasteiger partial charge in [0.05, 0.1) is 23.1 Å². The van der Waals surface area contributed by atoms with E-state index in [-0.39, 0.29) is 6.07 Å². The minimum Gasteiger partial charge on any atom is -0.387 e. The number of hydrogen-bond donors (Lipinski definition) is 2. The first kappa shape index (κ1) is 19.5. The van der Waals surface area contributed by atoms with Gasteiger partial charge in [-0.25, -0.2) is 0 Å². The molecule has 1 aromatic rings. The highest BCUT2D eigenvalue weighted by atomic mass is 19.4. The van der Waals surface area contributed by atoms with E-state index in [1.165, 1.54) is 0 Å². The number of fused-ring (bicyclic) bond motifs is 1. The van der Waals surface area contributed by atoms with Crippen molar-refractivity contribution in [1.29, 1.82) is 0 Å². The fourth-order valence-corrected chi connectivity index (χ4v) is 2.60. The van der Waals surface area contributed by atoms with Gasteiger partial charge in [0.1, 0.15) is 0 Å². The monoisotopic (exact) mass is 382 g/mol. The molecular weight excluding hydrogens is 375 g/mol. The molecule has 0 heterocycles. The number of Topliss-reactive ketones (excluding diaryl/α,β-unsaturated/α-hetero) is 1. The summed E-state index contributed by atoms with van der Waals surface area (Å²) in [6, 6.07) is -0.475. The number of aliphatic hydroxyl groups is 2. The molecule has 0 amide bonds. The lowest BCUT2D eigenvalue weighted by Gasteiger charge is -2.23. The molecule has 0 radical (unpaired) electrons. The van der Waals surface area contributed by atoms with Crippen molar-refractivity contribution in [3.05, 3.63) is 34.4 Å². The van der Waals surface area contributed by atoms with Crippen LogP contribution in [-0.4, -0.2) is 28.3 Å². The number of benzene rings is 1. The lowest BCUT2D eigenvalue weighted by molar-refractivity contribution is -0.221. The first-order chi connectivity index (χ1) is 11.1. The van der Waals surface area contributed by atoms with Gasteiger partial charge >= 0.3 is 18.5 Å². The van der Waals surface area contributed by atoms with E-state index in [4.69, 9.17) is 5.11 Å². The van der Waals surface area contributed by atoms with Crippen LogP contribution in [-0.2, 0) is 12.4 Å². The average Bonchev–Trinajstić information content (AvgIpc) is 2.66. The number of hydrogen-bond acceptors (Lipinski definition) is 3. The Labute approximate surface area is 132 Å². The zero-order chi connectivity index (χ0) is 19.5. The minimum absolute atomic E-state index is 0.0702. The molecule has 140 valence electrons. The molecule has 2 N–H and O–H groups in total. The van der Waals surface area contributed by atoms with E-state index in [0.29, 0.717) is 0 Å². The van der Waals surface area contributed by atoms with Crippen molar-refractivity contribution in [2.75, 3.05) is 0 Å². The normalized spacial score (nSPS) is 22.9. The summed E-state index contributed by atoms with van der Waals surface area (Å²) < 4.78 is 115. The van der Waals surface area contributed by atoms with E-state index >= 15 is 0 Å². The molecule has 3 unspecified atom stereocenters. The summed E-state index contributed by atoms with van der Waals surface area (Å²) in [4.78, 5) is 11.9. The predicted octanol–water partition coefficient (Wildman–Crippen LogP) is 3.49. The lowest BCUT2D eigenvalue weighted by Crippen LogP contribution is -2.40. The minimum atomic E-state index is -5.48. The number of rotatable bonds is 1. The van der Waals surface area contributed by atoms with Crippen LogP contribution in [0.2, 0.25) is 0 Å². The second-order valence-corrected chi connectivity index (χ2v) is 5.30. The molecule has 0 aromatic heterocycles. The summed E-state index contributed by atoms with van der Waals surface area (Å²) in [5, 5.41) is 18.8. The van der Waals surface area contributed by atoms with E-state index < -0.39 is 70.8 Å². The Bertz CT molecular complexity index is 702. The number of carbonyl (C=O) groups is 1. The van der Waals surface area contributed by atoms with Crippen LogP contribution in [0.1, 0.15) is 33.2 Å². The highest BCUT2D eigenvalue weighted by molar-refractivity contribution is 6.04. The Morgan fingerprint density at radius 2 is 1.44 bits per heavy atom. The quantitative estimate of drug-likeness (QED) is 0.732. The summed E-state index contributed by atoms with van der Waals surface area (Å²) in [5.41, 5.74) is -6.78. The van der Waals surface area contributed by atoms with Gasteiger partial charge in [0, 0.05) is 11.1 Å². The van der Waals surface area contributed by atoms with Gasteiger partial charge in [-0.05, 0) is 12.1 Å². The first-order valence-electron chi connectivity index (χ1n) is 6.36. The maximum atomic E-state index is 13.0. The van der Waals surface area contributed by atoms with Crippen LogP contribution in [0.4, 0.5) is 39.5 Å². The third-order valence-corrected chi connectivity index (χ3v) is 3.69. The van der Waals surface area contributed by atoms with Crippen LogP contribution in [0.3, 0.4) is 0 Å². The van der Waals surface area contributed by atoms with Crippen molar-refractivity contribution in [2.24, 2.45) is 5.92 Å². The summed E-state index contributed by atoms with van der Waals surface area (Å²) in [7, 11) is 0. The molecule has 0 saturated carbocycles. The zero-order valence-corrected chi connectivity index (χ0v) is 11.6. The predicted molar refractivity (Wildman–Crippen MR) is 61.3 cm³/mol. The van der Waals surface area contributed by atoms with E-state index in [1.54, 1.807) is 0 Å². The van der Waals surface area contributed by atoms with Crippen LogP contribution in [0.15, 0.2) is 12.1 Å². The Hall–Kier alpha value is -1.82. The van der Waals surface area contributed by atoms with Gasteiger partial charge in [-0.3, -0.25) is 4.79 Å². The molecule has 0 aliphatic heterocycles. The molecule has 1 aromatic carbocycles. The molecule has 3 nitrogen and oxygen atoms in total. The van der Waals surface area contributed by atoms with Crippen molar-refractivity contribution in [3.8, 4) is 0 Å². The second-order valence-electron chi connectivity index (χ2n) is 5.30. The van der Waals surface area contributed by atoms with Crippen LogP contribution < -0.4 is 0 Å². The maximum absolute atomic E-state index is 13.0. The molecule has 0 saturated heterocycles. The van der Waals surface area contributed by atoms with Crippen LogP contribution in [0.5, 0.6) is 0 Å². The van der Waals surface area contributed by atoms with Crippen LogP contribution in [0.25, 0.3) is 0 Å². The number of carbonyl (C=O) groups excluding carboxylic acids is 1. The summed E-state index contributed by atoms with van der Waals surface area (Å²) in [6.07, 6.45) is -22.6. The molecule has 0 fully saturated rings. The lowest BCUT2D eigenvalue weighted by atomic mass is 9.94. The first-order valence-corrected chi connectivity index (χ1v) is 6.36. The van der Waals surface area contributed by atoms with Gasteiger partial charge in [-0.1, -0.05) is 0 Å². The molecule has 0 bridgehead atoms. The Kier molecular flexibility index (Phi) is 4.36. The van der Waals surface area contributed by atoms with Gasteiger partial charge in [0.25, 0.3) is 0 Å². The largest absolute Gasteiger partial charge is 0.416 e. The highest BCUT2D eigenvalue weighted by Crippen LogP contribution is 2.49. The fraction of sp³-hybridized carbons (Fsp3) is 0.462. The average molecular weight is 382 g/mol. The van der Waals surface area contributed by atoms with Gasteiger partial charge in [-0.2, -0.15) is 39.5 Å². The molecule has 3 atom stereocenters. The number of aliphatic hydroxyl groups excluding tert-OH is 2. The van der Waals surface area contributed by atoms with E-state index in [9.17, 15) is 49.4 Å². The molecule has 12 heteroatoms. The van der Waals surface area contributed by atoms with Crippen molar-refractivity contribution in [1.82, 2.24) is 0 Å². The zero-order valence-electron chi connectivity index (χ0n) is 11.6. The number of alkyl halides is 9. The molecular formula is C13H7F9O3. The van der Waals surface area contributed by atoms with Crippen LogP contribution >= 0.6 is 0 Å². The maximum Gasteiger partial charge on any atom is 0.416 e. The Morgan fingerprint density at radius 3 is 1.84 bits per heavy atom. The molecule has 0 spiro atoms. The van der Waals surface area contributed by atoms with Crippen molar-refractivity contribution < 1.29 is 54.5 Å². The fourth-order valence-electron chi connectivity index (χ4n) is 2.60. The Morgan fingerprint density at radius 1 is 0.920 bits per heavy atom. The van der Waals surface area contributed by atoms with Crippen molar-refractivity contribution in [3.63, 3.8) is 0 Å². The molecule has 2 rings (SSSR count). The standard InChI is InChI=1S/C13H7F9O3/c14-11(15,16)3-1-4-6(5(2-3)12(17,18)19)9(24)7(8(4)23)10(25)13(20,21)22/h1-2,7,9-10,24-25H. The molecule has 1 aliphatic carbocycles. The molecule has 1 aliphatic rings. The highest BCUT2D eigenvalue weighted by Gasteiger charge is 2.56. The van der Waals surface area contributed by atoms with E-state index in [2.05, 4.69) is 0 Å². The summed E-state index contributed by atoms with van der Waals surface area (Å²) in [6.45, 7) is 0. The van der Waals surface area contributed by atoms with Gasteiger partial charge in [0.15, 0.2) is 11.9 Å². The van der Waals surface area contributed by atoms with Gasteiger partial charge < -0.3 is 10.2 Å². The second kappa shape index (κ2) is 5.59. The third-order valence-electron chi connectivity index (χ3n) is 3.69. The van der Waals surface area contributed by atoms with Crippen molar-refractivity contribution in [2.45, 2.75) is 30.7 Å². The SMILES string of the molecule is O=C1c2cc(C(F)(F)F)cc(C(F)(F)F)c2C(O)C1C(O)C(F)(F)F. The summed E-state index contributed by atoms with van der Waals surface area (Å²) in [5.74, 6) is -4.65. The van der Waals surface area contributed by atoms with E-state index in [0.717, 1.165) is 0 Å². The molecule has 25 heavy (non-hydrogen) atoms. The topological polar surface area (TPSA) is 57.5 Å². The van der Waals surface area contributed by atoms with Gasteiger partial charge in [0.2, 0.25) is 0 Å².